The number of nitrogens with zero attached hydrogens (tertiary/aromatic N) is 2. The molecule has 0 saturated heterocycles. The molecule has 29 heavy (non-hydrogen) atoms. The number of carbonyl (C=O) groups is 2. The smallest absolute Gasteiger partial charge is 0.410 e. The number of ether oxygens (including phenoxy) is 1. The van der Waals surface area contributed by atoms with E-state index in [9.17, 15) is 19.7 Å². The Kier molecular flexibility index (Phi) is 6.13. The maximum atomic E-state index is 12.2. The van der Waals surface area contributed by atoms with Crippen molar-refractivity contribution in [1.29, 1.82) is 0 Å². The molecule has 1 aliphatic heterocycles. The maximum absolute atomic E-state index is 12.2. The van der Waals surface area contributed by atoms with Gasteiger partial charge in [0.25, 0.3) is 5.69 Å². The van der Waals surface area contributed by atoms with Crippen molar-refractivity contribution >= 4 is 45.8 Å². The largest absolute Gasteiger partial charge is 0.450 e. The third-order valence-corrected chi connectivity index (χ3v) is 5.54. The number of fused-ring (bicyclic) bond motifs is 1. The zero-order valence-corrected chi connectivity index (χ0v) is 16.5. The van der Waals surface area contributed by atoms with Gasteiger partial charge in [-0.15, -0.1) is 11.3 Å². The Balaban J connectivity index is 1.65. The number of amides is 2. The monoisotopic (exact) mass is 416 g/mol. The van der Waals surface area contributed by atoms with Crippen LogP contribution in [0.4, 0.5) is 21.2 Å². The number of nitrogen functional groups attached to an aromatic ring is 1. The number of hydrogen-bond donors (Lipinski definition) is 2. The van der Waals surface area contributed by atoms with Crippen LogP contribution < -0.4 is 11.1 Å². The van der Waals surface area contributed by atoms with Crippen LogP contribution in [-0.4, -0.2) is 35.0 Å². The van der Waals surface area contributed by atoms with Crippen LogP contribution in [0.3, 0.4) is 0 Å². The number of rotatable bonds is 5. The first-order valence-corrected chi connectivity index (χ1v) is 9.76. The van der Waals surface area contributed by atoms with Crippen LogP contribution in [0.25, 0.3) is 6.08 Å². The van der Waals surface area contributed by atoms with Crippen LogP contribution in [0.2, 0.25) is 0 Å². The van der Waals surface area contributed by atoms with Crippen LogP contribution in [-0.2, 0) is 22.5 Å². The second-order valence-corrected chi connectivity index (χ2v) is 7.39. The zero-order valence-electron chi connectivity index (χ0n) is 15.7. The molecule has 0 atom stereocenters. The van der Waals surface area contributed by atoms with Gasteiger partial charge in [0.05, 0.1) is 23.8 Å². The van der Waals surface area contributed by atoms with E-state index in [2.05, 4.69) is 5.32 Å². The lowest BCUT2D eigenvalue weighted by molar-refractivity contribution is -0.384. The summed E-state index contributed by atoms with van der Waals surface area (Å²) in [5.74, 6) is -0.365. The first-order chi connectivity index (χ1) is 13.9. The van der Waals surface area contributed by atoms with Gasteiger partial charge in [0.1, 0.15) is 5.00 Å². The predicted octanol–water partition coefficient (Wildman–Crippen LogP) is 3.41. The number of nitro groups is 1. The fraction of sp³-hybridized carbons (Fsp3) is 0.263. The van der Waals surface area contributed by atoms with Crippen molar-refractivity contribution in [3.8, 4) is 0 Å². The molecule has 1 aromatic carbocycles. The molecule has 1 aliphatic rings. The van der Waals surface area contributed by atoms with E-state index in [0.717, 1.165) is 10.4 Å². The third kappa shape index (κ3) is 4.72. The van der Waals surface area contributed by atoms with Crippen molar-refractivity contribution in [3.63, 3.8) is 0 Å². The van der Waals surface area contributed by atoms with Gasteiger partial charge in [-0.3, -0.25) is 14.9 Å². The molecule has 0 aliphatic carbocycles. The minimum absolute atomic E-state index is 0.0135. The molecule has 3 rings (SSSR count). The quantitative estimate of drug-likeness (QED) is 0.437. The number of hydrogen-bond acceptors (Lipinski definition) is 7. The molecule has 3 N–H and O–H groups in total. The van der Waals surface area contributed by atoms with E-state index in [0.29, 0.717) is 42.4 Å². The minimum atomic E-state index is -0.482. The molecule has 1 aromatic heterocycles. The number of benzene rings is 1. The van der Waals surface area contributed by atoms with E-state index < -0.39 is 4.92 Å². The summed E-state index contributed by atoms with van der Waals surface area (Å²) in [6.07, 6.45) is 3.14. The van der Waals surface area contributed by atoms with Crippen molar-refractivity contribution in [3.05, 3.63) is 56.5 Å². The molecule has 2 heterocycles. The van der Waals surface area contributed by atoms with E-state index in [-0.39, 0.29) is 17.7 Å². The summed E-state index contributed by atoms with van der Waals surface area (Å²) < 4.78 is 5.04. The predicted molar refractivity (Wildman–Crippen MR) is 111 cm³/mol. The van der Waals surface area contributed by atoms with Crippen molar-refractivity contribution in [1.82, 2.24) is 4.90 Å². The standard InChI is InChI=1S/C19H20N4O5S/c1-2-28-19(25)22-10-9-14-15(11-22)29-18(17(14)20)21-16(24)8-5-12-3-6-13(7-4-12)23(26)27/h3-8H,2,9-11,20H2,1H3,(H,21,24)/b8-5+. The molecule has 10 heteroatoms. The lowest BCUT2D eigenvalue weighted by Gasteiger charge is -2.26. The first kappa shape index (κ1) is 20.3. The number of thiophene rings is 1. The van der Waals surface area contributed by atoms with Gasteiger partial charge >= 0.3 is 6.09 Å². The Hall–Kier alpha value is -3.40. The molecule has 9 nitrogen and oxygen atoms in total. The molecule has 2 aromatic rings. The van der Waals surface area contributed by atoms with E-state index in [1.807, 2.05) is 0 Å². The average Bonchev–Trinajstić information content (AvgIpc) is 3.01. The van der Waals surface area contributed by atoms with Gasteiger partial charge in [-0.05, 0) is 42.7 Å². The van der Waals surface area contributed by atoms with Crippen LogP contribution in [0, 0.1) is 10.1 Å². The van der Waals surface area contributed by atoms with Crippen molar-refractivity contribution in [2.24, 2.45) is 0 Å². The van der Waals surface area contributed by atoms with E-state index in [4.69, 9.17) is 10.5 Å². The molecule has 152 valence electrons. The van der Waals surface area contributed by atoms with Gasteiger partial charge in [-0.25, -0.2) is 4.79 Å². The van der Waals surface area contributed by atoms with Gasteiger partial charge in [-0.2, -0.15) is 0 Å². The number of carbonyl (C=O) groups excluding carboxylic acids is 2. The fourth-order valence-corrected chi connectivity index (χ4v) is 4.11. The Morgan fingerprint density at radius 1 is 1.38 bits per heavy atom. The van der Waals surface area contributed by atoms with Crippen LogP contribution in [0.15, 0.2) is 30.3 Å². The maximum Gasteiger partial charge on any atom is 0.410 e. The van der Waals surface area contributed by atoms with E-state index in [1.54, 1.807) is 30.0 Å². The van der Waals surface area contributed by atoms with Gasteiger partial charge in [0, 0.05) is 29.6 Å². The lowest BCUT2D eigenvalue weighted by Crippen LogP contribution is -2.35. The van der Waals surface area contributed by atoms with Crippen LogP contribution in [0.1, 0.15) is 22.9 Å². The van der Waals surface area contributed by atoms with Gasteiger partial charge in [0.15, 0.2) is 0 Å². The minimum Gasteiger partial charge on any atom is -0.450 e. The molecule has 0 radical (unpaired) electrons. The summed E-state index contributed by atoms with van der Waals surface area (Å²) in [5, 5.41) is 14.0. The van der Waals surface area contributed by atoms with Gasteiger partial charge < -0.3 is 20.7 Å². The summed E-state index contributed by atoms with van der Waals surface area (Å²) in [7, 11) is 0. The molecule has 0 bridgehead atoms. The van der Waals surface area contributed by atoms with Crippen LogP contribution in [0.5, 0.6) is 0 Å². The SMILES string of the molecule is CCOC(=O)N1CCc2c(sc(NC(=O)/C=C/c3ccc([N+](=O)[O-])cc3)c2N)C1. The zero-order chi connectivity index (χ0) is 21.0. The molecule has 0 saturated carbocycles. The Morgan fingerprint density at radius 2 is 2.10 bits per heavy atom. The van der Waals surface area contributed by atoms with Crippen molar-refractivity contribution < 1.29 is 19.2 Å². The van der Waals surface area contributed by atoms with Crippen molar-refractivity contribution in [2.75, 3.05) is 24.2 Å². The highest BCUT2D eigenvalue weighted by molar-refractivity contribution is 7.17. The van der Waals surface area contributed by atoms with E-state index >= 15 is 0 Å². The first-order valence-electron chi connectivity index (χ1n) is 8.94. The second-order valence-electron chi connectivity index (χ2n) is 6.29. The number of nitro benzene ring substituents is 1. The highest BCUT2D eigenvalue weighted by atomic mass is 32.1. The van der Waals surface area contributed by atoms with Gasteiger partial charge in [-0.1, -0.05) is 0 Å². The summed E-state index contributed by atoms with van der Waals surface area (Å²) in [4.78, 5) is 36.9. The van der Waals surface area contributed by atoms with Crippen LogP contribution >= 0.6 is 11.3 Å². The normalized spacial score (nSPS) is 13.2. The summed E-state index contributed by atoms with van der Waals surface area (Å²) in [6.45, 7) is 2.99. The Bertz CT molecular complexity index is 968. The Morgan fingerprint density at radius 3 is 2.76 bits per heavy atom. The fourth-order valence-electron chi connectivity index (χ4n) is 2.92. The lowest BCUT2D eigenvalue weighted by atomic mass is 10.1. The number of non-ortho nitro benzene ring substituents is 1. The molecular weight excluding hydrogens is 396 g/mol. The molecule has 0 fully saturated rings. The number of anilines is 2. The third-order valence-electron chi connectivity index (χ3n) is 4.39. The summed E-state index contributed by atoms with van der Waals surface area (Å²) >= 11 is 1.34. The Labute approximate surface area is 170 Å². The highest BCUT2D eigenvalue weighted by Crippen LogP contribution is 2.39. The van der Waals surface area contributed by atoms with Gasteiger partial charge in [0.2, 0.25) is 5.91 Å². The molecule has 0 spiro atoms. The second kappa shape index (κ2) is 8.74. The molecule has 2 amide bonds. The molecular formula is C19H20N4O5S. The summed E-state index contributed by atoms with van der Waals surface area (Å²) in [5.41, 5.74) is 8.29. The van der Waals surface area contributed by atoms with Crippen molar-refractivity contribution in [2.45, 2.75) is 19.9 Å². The highest BCUT2D eigenvalue weighted by Gasteiger charge is 2.26. The van der Waals surface area contributed by atoms with E-state index in [1.165, 1.54) is 29.5 Å². The average molecular weight is 416 g/mol. The number of nitrogens with two attached hydrogens (primary N) is 1. The number of nitrogens with one attached hydrogen (secondary N) is 1. The topological polar surface area (TPSA) is 128 Å². The molecule has 0 unspecified atom stereocenters. The summed E-state index contributed by atoms with van der Waals surface area (Å²) in [6, 6.07) is 5.87.